The summed E-state index contributed by atoms with van der Waals surface area (Å²) in [7, 11) is 0. The molecule has 0 aliphatic carbocycles. The summed E-state index contributed by atoms with van der Waals surface area (Å²) in [5.74, 6) is -1.87. The summed E-state index contributed by atoms with van der Waals surface area (Å²) >= 11 is 4.64. The molecule has 230 valence electrons. The van der Waals surface area contributed by atoms with Gasteiger partial charge in [-0.2, -0.15) is 36.9 Å². The van der Waals surface area contributed by atoms with E-state index in [1.165, 1.54) is 31.5 Å². The lowest BCUT2D eigenvalue weighted by Crippen LogP contribution is -2.43. The largest absolute Gasteiger partial charge is 0.417 e. The molecule has 42 heavy (non-hydrogen) atoms. The number of nitriles is 2. The van der Waals surface area contributed by atoms with Crippen molar-refractivity contribution in [3.05, 3.63) is 58.7 Å². The number of alkyl halides is 7. The molecule has 5 N–H and O–H groups in total. The van der Waals surface area contributed by atoms with Crippen molar-refractivity contribution in [2.24, 2.45) is 0 Å². The molecular weight excluding hydrogens is 598 g/mol. The number of carbonyl (C=O) groups excluding carboxylic acids is 2. The van der Waals surface area contributed by atoms with E-state index in [2.05, 4.69) is 16.9 Å². The molecule has 2 unspecified atom stereocenters. The van der Waals surface area contributed by atoms with Crippen LogP contribution in [0.25, 0.3) is 0 Å². The van der Waals surface area contributed by atoms with E-state index in [1.54, 1.807) is 6.92 Å². The number of rotatable bonds is 6. The zero-order valence-corrected chi connectivity index (χ0v) is 23.3. The number of halogens is 7. The summed E-state index contributed by atoms with van der Waals surface area (Å²) in [6.45, 7) is 2.95. The van der Waals surface area contributed by atoms with Crippen LogP contribution < -0.4 is 10.6 Å². The lowest BCUT2D eigenvalue weighted by molar-refractivity contribution is -0.138. The standard InChI is InChI=1S/C13H13F3N2O2.C12H11F3N2O3.CH3Cl/c1-3-12(2,20)11(19)18-9-5-4-8(7-17)10(6-9)13(14,15)16;1-11(20,6-18)10(19)17-8-3-2-7(5-16)9(4-8)12(13,14)15;1-2/h4-6,20H,3H2,1-2H3,(H,18,19);2-4,18,20H,6H2,1H3,(H,17,19);1H3. The number of benzene rings is 2. The Balaban J connectivity index is 0.000000756. The maximum absolute atomic E-state index is 12.7. The molecular formula is C26H27ClF6N4O5. The average molecular weight is 625 g/mol. The smallest absolute Gasteiger partial charge is 0.393 e. The molecule has 0 saturated carbocycles. The first-order valence-electron chi connectivity index (χ1n) is 11.5. The van der Waals surface area contributed by atoms with E-state index in [9.17, 15) is 46.1 Å². The predicted octanol–water partition coefficient (Wildman–Crippen LogP) is 4.79. The highest BCUT2D eigenvalue weighted by Gasteiger charge is 2.36. The Morgan fingerprint density at radius 1 is 0.786 bits per heavy atom. The summed E-state index contributed by atoms with van der Waals surface area (Å²) in [5.41, 5.74) is -7.60. The van der Waals surface area contributed by atoms with Crippen LogP contribution in [0.2, 0.25) is 0 Å². The Morgan fingerprint density at radius 3 is 1.38 bits per heavy atom. The second kappa shape index (κ2) is 15.4. The van der Waals surface area contributed by atoms with Crippen molar-refractivity contribution in [1.29, 1.82) is 10.5 Å². The van der Waals surface area contributed by atoms with E-state index >= 15 is 0 Å². The average Bonchev–Trinajstić information content (AvgIpc) is 2.93. The molecule has 2 amide bonds. The Morgan fingerprint density at radius 2 is 1.12 bits per heavy atom. The van der Waals surface area contributed by atoms with Crippen molar-refractivity contribution in [3.63, 3.8) is 0 Å². The molecule has 0 heterocycles. The Bertz CT molecular complexity index is 1230. The Labute approximate surface area is 241 Å². The monoisotopic (exact) mass is 624 g/mol. The first kappa shape index (κ1) is 38.1. The summed E-state index contributed by atoms with van der Waals surface area (Å²) < 4.78 is 76.3. The minimum absolute atomic E-state index is 0.112. The first-order chi connectivity index (χ1) is 19.2. The molecule has 0 radical (unpaired) electrons. The third-order valence-electron chi connectivity index (χ3n) is 5.38. The molecule has 16 heteroatoms. The second-order valence-corrected chi connectivity index (χ2v) is 8.71. The van der Waals surface area contributed by atoms with Crippen LogP contribution in [0.5, 0.6) is 0 Å². The number of nitrogens with one attached hydrogen (secondary N) is 2. The fourth-order valence-electron chi connectivity index (χ4n) is 2.67. The molecule has 0 aromatic heterocycles. The van der Waals surface area contributed by atoms with E-state index in [-0.39, 0.29) is 17.8 Å². The lowest BCUT2D eigenvalue weighted by atomic mass is 10.0. The third-order valence-corrected chi connectivity index (χ3v) is 5.38. The van der Waals surface area contributed by atoms with Gasteiger partial charge < -0.3 is 26.0 Å². The van der Waals surface area contributed by atoms with E-state index in [0.29, 0.717) is 12.1 Å². The van der Waals surface area contributed by atoms with Gasteiger partial charge in [0.25, 0.3) is 11.8 Å². The van der Waals surface area contributed by atoms with Gasteiger partial charge >= 0.3 is 12.4 Å². The quantitative estimate of drug-likeness (QED) is 0.228. The molecule has 0 bridgehead atoms. The van der Waals surface area contributed by atoms with Gasteiger partial charge in [-0.3, -0.25) is 9.59 Å². The van der Waals surface area contributed by atoms with Gasteiger partial charge in [0, 0.05) is 17.8 Å². The predicted molar refractivity (Wildman–Crippen MR) is 140 cm³/mol. The van der Waals surface area contributed by atoms with Crippen LogP contribution in [0.4, 0.5) is 37.7 Å². The first-order valence-corrected chi connectivity index (χ1v) is 12.3. The molecule has 0 saturated heterocycles. The Kier molecular flexibility index (Phi) is 13.9. The minimum atomic E-state index is -4.74. The van der Waals surface area contributed by atoms with Crippen LogP contribution in [0.3, 0.4) is 0 Å². The zero-order valence-electron chi connectivity index (χ0n) is 22.6. The number of aliphatic hydroxyl groups excluding tert-OH is 1. The number of hydrogen-bond donors (Lipinski definition) is 5. The van der Waals surface area contributed by atoms with Gasteiger partial charge in [0.05, 0.1) is 41.0 Å². The fourth-order valence-corrected chi connectivity index (χ4v) is 2.67. The highest BCUT2D eigenvalue weighted by atomic mass is 35.5. The highest BCUT2D eigenvalue weighted by molar-refractivity contribution is 6.15. The van der Waals surface area contributed by atoms with Crippen LogP contribution in [-0.4, -0.2) is 51.3 Å². The molecule has 9 nitrogen and oxygen atoms in total. The van der Waals surface area contributed by atoms with Crippen LogP contribution in [0.1, 0.15) is 49.4 Å². The number of carbonyl (C=O) groups is 2. The van der Waals surface area contributed by atoms with E-state index in [1.807, 2.05) is 5.32 Å². The number of aliphatic hydroxyl groups is 3. The molecule has 2 aromatic carbocycles. The zero-order chi connectivity index (χ0) is 33.1. The second-order valence-electron chi connectivity index (χ2n) is 8.71. The van der Waals surface area contributed by atoms with Gasteiger partial charge in [-0.15, -0.1) is 11.6 Å². The van der Waals surface area contributed by atoms with Crippen LogP contribution >= 0.6 is 11.6 Å². The minimum Gasteiger partial charge on any atom is -0.393 e. The molecule has 0 fully saturated rings. The van der Waals surface area contributed by atoms with Crippen molar-refractivity contribution in [3.8, 4) is 12.1 Å². The number of hydrogen-bond acceptors (Lipinski definition) is 7. The van der Waals surface area contributed by atoms with Crippen molar-refractivity contribution < 1.29 is 51.3 Å². The molecule has 2 aromatic rings. The van der Waals surface area contributed by atoms with Gasteiger partial charge in [-0.1, -0.05) is 6.92 Å². The van der Waals surface area contributed by atoms with Gasteiger partial charge in [-0.05, 0) is 56.7 Å². The van der Waals surface area contributed by atoms with Crippen molar-refractivity contribution in [2.75, 3.05) is 23.6 Å². The van der Waals surface area contributed by atoms with E-state index in [0.717, 1.165) is 25.1 Å². The fraction of sp³-hybridized carbons (Fsp3) is 0.385. The van der Waals surface area contributed by atoms with Crippen LogP contribution in [0, 0.1) is 22.7 Å². The van der Waals surface area contributed by atoms with Crippen molar-refractivity contribution in [1.82, 2.24) is 0 Å². The van der Waals surface area contributed by atoms with Crippen molar-refractivity contribution in [2.45, 2.75) is 50.7 Å². The number of amides is 2. The highest BCUT2D eigenvalue weighted by Crippen LogP contribution is 2.34. The van der Waals surface area contributed by atoms with E-state index in [4.69, 9.17) is 15.6 Å². The van der Waals surface area contributed by atoms with Gasteiger partial charge in [-0.25, -0.2) is 0 Å². The molecule has 0 aliphatic heterocycles. The molecule has 0 spiro atoms. The van der Waals surface area contributed by atoms with E-state index < -0.39 is 64.2 Å². The van der Waals surface area contributed by atoms with Gasteiger partial charge in [0.1, 0.15) is 5.60 Å². The summed E-state index contributed by atoms with van der Waals surface area (Å²) in [6, 6.07) is 8.25. The number of nitrogens with zero attached hydrogens (tertiary/aromatic N) is 2. The third kappa shape index (κ3) is 10.8. The van der Waals surface area contributed by atoms with Gasteiger partial charge in [0.2, 0.25) is 0 Å². The SMILES string of the molecule is CC(O)(CO)C(=O)Nc1ccc(C#N)c(C(F)(F)F)c1.CCC(C)(O)C(=O)Nc1ccc(C#N)c(C(F)(F)F)c1.CCl. The molecule has 2 atom stereocenters. The maximum atomic E-state index is 12.7. The van der Waals surface area contributed by atoms with Gasteiger partial charge in [0.15, 0.2) is 5.60 Å². The topological polar surface area (TPSA) is 166 Å². The van der Waals surface area contributed by atoms with Crippen LogP contribution in [-0.2, 0) is 21.9 Å². The number of anilines is 2. The Hall–Kier alpha value is -3.89. The molecule has 0 aliphatic rings. The maximum Gasteiger partial charge on any atom is 0.417 e. The normalized spacial score (nSPS) is 13.7. The van der Waals surface area contributed by atoms with Crippen molar-refractivity contribution >= 4 is 34.8 Å². The summed E-state index contributed by atoms with van der Waals surface area (Å²) in [5, 5.41) is 49.4. The van der Waals surface area contributed by atoms with Crippen LogP contribution in [0.15, 0.2) is 36.4 Å². The lowest BCUT2D eigenvalue weighted by Gasteiger charge is -2.20. The molecule has 2 rings (SSSR count). The summed E-state index contributed by atoms with van der Waals surface area (Å²) in [6.07, 6.45) is -7.86. The summed E-state index contributed by atoms with van der Waals surface area (Å²) in [4.78, 5) is 23.2.